The molecule has 0 aliphatic heterocycles. The highest BCUT2D eigenvalue weighted by molar-refractivity contribution is 5.15. The van der Waals surface area contributed by atoms with Crippen LogP contribution in [0, 0.1) is 6.92 Å². The minimum Gasteiger partial charge on any atom is -0.364 e. The first-order valence-electron chi connectivity index (χ1n) is 4.85. The molecule has 1 N–H and O–H groups in total. The summed E-state index contributed by atoms with van der Waals surface area (Å²) in [6.07, 6.45) is 3.46. The van der Waals surface area contributed by atoms with Crippen LogP contribution in [-0.4, -0.2) is 14.9 Å². The monoisotopic (exact) mass is 206 g/mol. The van der Waals surface area contributed by atoms with E-state index in [2.05, 4.69) is 22.5 Å². The summed E-state index contributed by atoms with van der Waals surface area (Å²) in [6, 6.07) is 1.85. The van der Waals surface area contributed by atoms with Crippen LogP contribution in [0.15, 0.2) is 23.0 Å². The Labute approximate surface area is 88.1 Å². The molecule has 0 spiro atoms. The average Bonchev–Trinajstić information content (AvgIpc) is 2.83. The quantitative estimate of drug-likeness (QED) is 0.811. The van der Waals surface area contributed by atoms with Crippen LogP contribution >= 0.6 is 0 Å². The normalized spacial score (nSPS) is 10.8. The van der Waals surface area contributed by atoms with Crippen molar-refractivity contribution in [1.29, 1.82) is 0 Å². The Balaban J connectivity index is 1.86. The van der Waals surface area contributed by atoms with Crippen LogP contribution in [0.5, 0.6) is 0 Å². The predicted molar refractivity (Wildman–Crippen MR) is 55.0 cm³/mol. The van der Waals surface area contributed by atoms with E-state index in [1.807, 2.05) is 24.0 Å². The third-order valence-corrected chi connectivity index (χ3v) is 2.45. The molecule has 0 unspecified atom stereocenters. The molecule has 2 heterocycles. The van der Waals surface area contributed by atoms with Crippen LogP contribution in [0.1, 0.15) is 17.0 Å². The summed E-state index contributed by atoms with van der Waals surface area (Å²) in [5, 5.41) is 11.3. The van der Waals surface area contributed by atoms with Gasteiger partial charge < -0.3 is 9.84 Å². The molecule has 0 fully saturated rings. The van der Waals surface area contributed by atoms with Gasteiger partial charge in [0.1, 0.15) is 6.26 Å². The first-order chi connectivity index (χ1) is 7.27. The van der Waals surface area contributed by atoms with Crippen LogP contribution in [0.4, 0.5) is 0 Å². The summed E-state index contributed by atoms with van der Waals surface area (Å²) >= 11 is 0. The van der Waals surface area contributed by atoms with E-state index in [0.717, 1.165) is 12.2 Å². The average molecular weight is 206 g/mol. The summed E-state index contributed by atoms with van der Waals surface area (Å²) < 4.78 is 6.61. The van der Waals surface area contributed by atoms with Crippen molar-refractivity contribution in [2.24, 2.45) is 7.05 Å². The fourth-order valence-corrected chi connectivity index (χ4v) is 1.37. The van der Waals surface area contributed by atoms with Gasteiger partial charge in [-0.1, -0.05) is 5.16 Å². The number of hydrogen-bond acceptors (Lipinski definition) is 4. The first-order valence-corrected chi connectivity index (χ1v) is 4.85. The number of nitrogens with one attached hydrogen (secondary N) is 1. The van der Waals surface area contributed by atoms with E-state index < -0.39 is 0 Å². The molecule has 80 valence electrons. The number of aryl methyl sites for hydroxylation is 1. The number of aromatic nitrogens is 3. The second-order valence-corrected chi connectivity index (χ2v) is 3.47. The molecule has 15 heavy (non-hydrogen) atoms. The third-order valence-electron chi connectivity index (χ3n) is 2.45. The zero-order valence-corrected chi connectivity index (χ0v) is 8.90. The molecular weight excluding hydrogens is 192 g/mol. The van der Waals surface area contributed by atoms with Crippen LogP contribution in [-0.2, 0) is 20.1 Å². The standard InChI is InChI=1S/C10H14N4O/c1-8-9(6-12-14(8)2)5-11-7-10-3-4-15-13-10/h3-4,6,11H,5,7H2,1-2H3. The van der Waals surface area contributed by atoms with Crippen molar-refractivity contribution in [3.8, 4) is 0 Å². The molecule has 5 nitrogen and oxygen atoms in total. The van der Waals surface area contributed by atoms with E-state index in [4.69, 9.17) is 4.52 Å². The van der Waals surface area contributed by atoms with Gasteiger partial charge in [-0.05, 0) is 6.92 Å². The van der Waals surface area contributed by atoms with Crippen molar-refractivity contribution in [1.82, 2.24) is 20.3 Å². The second-order valence-electron chi connectivity index (χ2n) is 3.47. The second kappa shape index (κ2) is 4.27. The highest BCUT2D eigenvalue weighted by atomic mass is 16.5. The summed E-state index contributed by atoms with van der Waals surface area (Å²) in [4.78, 5) is 0. The van der Waals surface area contributed by atoms with Crippen LogP contribution in [0.3, 0.4) is 0 Å². The third kappa shape index (κ3) is 2.24. The highest BCUT2D eigenvalue weighted by Crippen LogP contribution is 2.05. The van der Waals surface area contributed by atoms with Gasteiger partial charge in [-0.2, -0.15) is 5.10 Å². The van der Waals surface area contributed by atoms with Crippen LogP contribution in [0.25, 0.3) is 0 Å². The first kappa shape index (κ1) is 9.92. The maximum Gasteiger partial charge on any atom is 0.124 e. The van der Waals surface area contributed by atoms with E-state index in [1.165, 1.54) is 11.3 Å². The van der Waals surface area contributed by atoms with E-state index in [0.29, 0.717) is 6.54 Å². The summed E-state index contributed by atoms with van der Waals surface area (Å²) in [5.41, 5.74) is 3.31. The van der Waals surface area contributed by atoms with E-state index >= 15 is 0 Å². The van der Waals surface area contributed by atoms with Crippen molar-refractivity contribution in [2.75, 3.05) is 0 Å². The van der Waals surface area contributed by atoms with Crippen molar-refractivity contribution < 1.29 is 4.52 Å². The Bertz CT molecular complexity index is 419. The number of rotatable bonds is 4. The fraction of sp³-hybridized carbons (Fsp3) is 0.400. The van der Waals surface area contributed by atoms with Crippen molar-refractivity contribution in [2.45, 2.75) is 20.0 Å². The topological polar surface area (TPSA) is 55.9 Å². The maximum absolute atomic E-state index is 4.74. The Hall–Kier alpha value is -1.62. The van der Waals surface area contributed by atoms with Crippen molar-refractivity contribution >= 4 is 0 Å². The van der Waals surface area contributed by atoms with Crippen LogP contribution in [0.2, 0.25) is 0 Å². The Morgan fingerprint density at radius 3 is 2.93 bits per heavy atom. The zero-order valence-electron chi connectivity index (χ0n) is 8.90. The Morgan fingerprint density at radius 2 is 2.33 bits per heavy atom. The van der Waals surface area contributed by atoms with Gasteiger partial charge in [-0.15, -0.1) is 0 Å². The van der Waals surface area contributed by atoms with Gasteiger partial charge in [-0.25, -0.2) is 0 Å². The molecule has 0 bridgehead atoms. The summed E-state index contributed by atoms with van der Waals surface area (Å²) in [6.45, 7) is 3.57. The van der Waals surface area contributed by atoms with E-state index in [-0.39, 0.29) is 0 Å². The smallest absolute Gasteiger partial charge is 0.124 e. The molecule has 5 heteroatoms. The lowest BCUT2D eigenvalue weighted by Crippen LogP contribution is -2.13. The fourth-order valence-electron chi connectivity index (χ4n) is 1.37. The molecule has 0 aliphatic carbocycles. The lowest BCUT2D eigenvalue weighted by Gasteiger charge is -2.01. The van der Waals surface area contributed by atoms with Crippen molar-refractivity contribution in [3.05, 3.63) is 35.5 Å². The SMILES string of the molecule is Cc1c(CNCc2ccon2)cnn1C. The van der Waals surface area contributed by atoms with Gasteiger partial charge in [0, 0.05) is 37.5 Å². The summed E-state index contributed by atoms with van der Waals surface area (Å²) in [7, 11) is 1.94. The number of nitrogens with zero attached hydrogens (tertiary/aromatic N) is 3. The van der Waals surface area contributed by atoms with Crippen molar-refractivity contribution in [3.63, 3.8) is 0 Å². The van der Waals surface area contributed by atoms with E-state index in [1.54, 1.807) is 6.26 Å². The molecule has 0 amide bonds. The zero-order chi connectivity index (χ0) is 10.7. The van der Waals surface area contributed by atoms with Gasteiger partial charge in [0.05, 0.1) is 11.9 Å². The Kier molecular flexibility index (Phi) is 2.82. The van der Waals surface area contributed by atoms with Gasteiger partial charge in [0.15, 0.2) is 0 Å². The molecule has 0 atom stereocenters. The molecule has 0 saturated carbocycles. The molecule has 2 aromatic heterocycles. The molecule has 0 saturated heterocycles. The minimum atomic E-state index is 0.713. The maximum atomic E-state index is 4.74. The van der Waals surface area contributed by atoms with E-state index in [9.17, 15) is 0 Å². The van der Waals surface area contributed by atoms with Gasteiger partial charge >= 0.3 is 0 Å². The van der Waals surface area contributed by atoms with Gasteiger partial charge in [-0.3, -0.25) is 4.68 Å². The van der Waals surface area contributed by atoms with Crippen LogP contribution < -0.4 is 5.32 Å². The summed E-state index contributed by atoms with van der Waals surface area (Å²) in [5.74, 6) is 0. The minimum absolute atomic E-state index is 0.713. The van der Waals surface area contributed by atoms with Gasteiger partial charge in [0.25, 0.3) is 0 Å². The predicted octanol–water partition coefficient (Wildman–Crippen LogP) is 1.01. The molecule has 0 aliphatic rings. The lowest BCUT2D eigenvalue weighted by atomic mass is 10.2. The molecule has 0 radical (unpaired) electrons. The molecular formula is C10H14N4O. The lowest BCUT2D eigenvalue weighted by molar-refractivity contribution is 0.408. The molecule has 2 aromatic rings. The molecule has 0 aromatic carbocycles. The molecule has 2 rings (SSSR count). The largest absolute Gasteiger partial charge is 0.364 e. The highest BCUT2D eigenvalue weighted by Gasteiger charge is 2.03. The number of hydrogen-bond donors (Lipinski definition) is 1. The Morgan fingerprint density at radius 1 is 1.47 bits per heavy atom. The van der Waals surface area contributed by atoms with Gasteiger partial charge in [0.2, 0.25) is 0 Å².